The number of nitrogens with zero attached hydrogens (tertiary/aromatic N) is 2. The Hall–Kier alpha value is -3.88. The minimum Gasteiger partial charge on any atom is -0.463 e. The Kier molecular flexibility index (Phi) is 11.9. The van der Waals surface area contributed by atoms with Gasteiger partial charge in [-0.3, -0.25) is 28.8 Å². The van der Waals surface area contributed by atoms with Gasteiger partial charge in [-0.2, -0.15) is 0 Å². The van der Waals surface area contributed by atoms with Crippen LogP contribution in [0, 0.1) is 10.8 Å². The summed E-state index contributed by atoms with van der Waals surface area (Å²) in [5, 5.41) is 0.913. The summed E-state index contributed by atoms with van der Waals surface area (Å²) in [7, 11) is 0. The highest BCUT2D eigenvalue weighted by atomic mass is 16.7. The summed E-state index contributed by atoms with van der Waals surface area (Å²) < 4.78 is 15.3. The van der Waals surface area contributed by atoms with Gasteiger partial charge in [0, 0.05) is 38.5 Å². The van der Waals surface area contributed by atoms with Gasteiger partial charge in [0.25, 0.3) is 23.6 Å². The average molecular weight is 585 g/mol. The number of carbonyl (C=O) groups is 8. The fourth-order valence-corrected chi connectivity index (χ4v) is 3.44. The smallest absolute Gasteiger partial charge is 0.338 e. The summed E-state index contributed by atoms with van der Waals surface area (Å²) in [6, 6.07) is 0. The van der Waals surface area contributed by atoms with E-state index < -0.39 is 58.3 Å². The van der Waals surface area contributed by atoms with Gasteiger partial charge in [-0.1, -0.05) is 0 Å². The molecule has 0 N–H and O–H groups in total. The Morgan fingerprint density at radius 3 is 1.22 bits per heavy atom. The third kappa shape index (κ3) is 10.2. The van der Waals surface area contributed by atoms with E-state index >= 15 is 0 Å². The van der Waals surface area contributed by atoms with Crippen LogP contribution in [0.3, 0.4) is 0 Å². The molecule has 0 saturated carbocycles. The number of hydrogen-bond acceptors (Lipinski definition) is 13. The molecule has 228 valence electrons. The lowest BCUT2D eigenvalue weighted by Gasteiger charge is -2.24. The Balaban J connectivity index is 1.54. The lowest BCUT2D eigenvalue weighted by Crippen LogP contribution is -2.38. The molecule has 0 atom stereocenters. The third-order valence-corrected chi connectivity index (χ3v) is 6.35. The van der Waals surface area contributed by atoms with Crippen LogP contribution in [-0.4, -0.2) is 84.1 Å². The van der Waals surface area contributed by atoms with E-state index in [1.807, 2.05) is 0 Å². The normalized spacial score (nSPS) is 15.8. The van der Waals surface area contributed by atoms with E-state index in [1.165, 1.54) is 27.7 Å². The van der Waals surface area contributed by atoms with Crippen LogP contribution in [0.5, 0.6) is 0 Å². The molecular formula is C26H36N2O13. The summed E-state index contributed by atoms with van der Waals surface area (Å²) in [5.74, 6) is -5.17. The zero-order valence-electron chi connectivity index (χ0n) is 23.7. The van der Waals surface area contributed by atoms with Crippen LogP contribution in [0.15, 0.2) is 0 Å². The van der Waals surface area contributed by atoms with Crippen molar-refractivity contribution < 1.29 is 62.2 Å². The number of hydrogen-bond donors (Lipinski definition) is 0. The highest BCUT2D eigenvalue weighted by Gasteiger charge is 2.39. The van der Waals surface area contributed by atoms with Crippen molar-refractivity contribution >= 4 is 47.5 Å². The van der Waals surface area contributed by atoms with Crippen LogP contribution < -0.4 is 0 Å². The molecule has 0 unspecified atom stereocenters. The highest BCUT2D eigenvalue weighted by Crippen LogP contribution is 2.27. The van der Waals surface area contributed by atoms with Crippen LogP contribution in [0.4, 0.5) is 0 Å². The Labute approximate surface area is 236 Å². The lowest BCUT2D eigenvalue weighted by molar-refractivity contribution is -0.204. The molecule has 2 heterocycles. The van der Waals surface area contributed by atoms with Crippen molar-refractivity contribution in [3.63, 3.8) is 0 Å². The first-order valence-corrected chi connectivity index (χ1v) is 13.2. The summed E-state index contributed by atoms with van der Waals surface area (Å²) >= 11 is 0. The molecule has 0 radical (unpaired) electrons. The molecule has 0 spiro atoms. The van der Waals surface area contributed by atoms with Crippen molar-refractivity contribution in [3.8, 4) is 0 Å². The SMILES string of the molecule is CC(C)(CCC(=O)OCCOCCOC(=O)CCC(C)(C)C(=O)ON1C(=O)CCC1=O)C(=O)ON1C(=O)CCC1=O. The number of esters is 2. The van der Waals surface area contributed by atoms with E-state index in [0.29, 0.717) is 10.1 Å². The summed E-state index contributed by atoms with van der Waals surface area (Å²) in [6.45, 7) is 5.97. The molecule has 2 aliphatic rings. The maximum atomic E-state index is 12.3. The second-order valence-corrected chi connectivity index (χ2v) is 10.7. The number of imide groups is 2. The molecule has 41 heavy (non-hydrogen) atoms. The minimum absolute atomic E-state index is 0.0194. The van der Waals surface area contributed by atoms with Crippen molar-refractivity contribution in [1.82, 2.24) is 10.1 Å². The molecule has 15 heteroatoms. The summed E-state index contributed by atoms with van der Waals surface area (Å²) in [5.41, 5.74) is -2.30. The maximum Gasteiger partial charge on any atom is 0.338 e. The molecule has 2 aliphatic heterocycles. The van der Waals surface area contributed by atoms with Crippen molar-refractivity contribution in [1.29, 1.82) is 0 Å². The number of amides is 4. The van der Waals surface area contributed by atoms with Crippen molar-refractivity contribution in [2.75, 3.05) is 26.4 Å². The van der Waals surface area contributed by atoms with Crippen molar-refractivity contribution in [2.24, 2.45) is 10.8 Å². The summed E-state index contributed by atoms with van der Waals surface area (Å²) in [6.07, 6.45) is -0.195. The maximum absolute atomic E-state index is 12.3. The van der Waals surface area contributed by atoms with Crippen LogP contribution in [-0.2, 0) is 62.2 Å². The Morgan fingerprint density at radius 2 is 0.902 bits per heavy atom. The molecule has 0 aromatic carbocycles. The first-order chi connectivity index (χ1) is 19.1. The molecule has 0 aliphatic carbocycles. The van der Waals surface area contributed by atoms with E-state index in [2.05, 4.69) is 0 Å². The van der Waals surface area contributed by atoms with Crippen LogP contribution in [0.25, 0.3) is 0 Å². The van der Waals surface area contributed by atoms with E-state index in [4.69, 9.17) is 23.9 Å². The van der Waals surface area contributed by atoms with Gasteiger partial charge in [-0.05, 0) is 40.5 Å². The second kappa shape index (κ2) is 14.7. The fourth-order valence-electron chi connectivity index (χ4n) is 3.44. The standard InChI is InChI=1S/C26H36N2O13/c1-25(2,23(35)40-27-17(29)5-6-18(27)30)11-9-21(33)38-15-13-37-14-16-39-22(34)10-12-26(3,4)24(36)41-28-19(31)7-8-20(28)32/h5-16H2,1-4H3. The first kappa shape index (κ1) is 33.3. The quantitative estimate of drug-likeness (QED) is 0.142. The predicted molar refractivity (Wildman–Crippen MR) is 133 cm³/mol. The van der Waals surface area contributed by atoms with Gasteiger partial charge in [-0.15, -0.1) is 10.1 Å². The number of ether oxygens (including phenoxy) is 3. The zero-order chi connectivity index (χ0) is 30.8. The van der Waals surface area contributed by atoms with E-state index in [-0.39, 0.29) is 77.8 Å². The second-order valence-electron chi connectivity index (χ2n) is 10.7. The molecule has 2 fully saturated rings. The number of hydroxylamine groups is 4. The summed E-state index contributed by atoms with van der Waals surface area (Å²) in [4.78, 5) is 105. The molecule has 0 aromatic rings. The van der Waals surface area contributed by atoms with Gasteiger partial charge in [0.1, 0.15) is 13.2 Å². The van der Waals surface area contributed by atoms with Gasteiger partial charge in [0.05, 0.1) is 24.0 Å². The lowest BCUT2D eigenvalue weighted by atomic mass is 9.88. The van der Waals surface area contributed by atoms with Crippen molar-refractivity contribution in [3.05, 3.63) is 0 Å². The van der Waals surface area contributed by atoms with Gasteiger partial charge >= 0.3 is 23.9 Å². The van der Waals surface area contributed by atoms with Crippen LogP contribution in [0.2, 0.25) is 0 Å². The largest absolute Gasteiger partial charge is 0.463 e. The van der Waals surface area contributed by atoms with Gasteiger partial charge < -0.3 is 23.9 Å². The Morgan fingerprint density at radius 1 is 0.585 bits per heavy atom. The van der Waals surface area contributed by atoms with Gasteiger partial charge in [0.15, 0.2) is 0 Å². The van der Waals surface area contributed by atoms with Gasteiger partial charge in [-0.25, -0.2) is 9.59 Å². The molecule has 4 amide bonds. The molecule has 2 saturated heterocycles. The predicted octanol–water partition coefficient (Wildman–Crippen LogP) is 0.917. The minimum atomic E-state index is -1.15. The topological polar surface area (TPSA) is 189 Å². The zero-order valence-corrected chi connectivity index (χ0v) is 23.7. The number of carbonyl (C=O) groups excluding carboxylic acids is 8. The van der Waals surface area contributed by atoms with E-state index in [0.717, 1.165) is 0 Å². The third-order valence-electron chi connectivity index (χ3n) is 6.35. The van der Waals surface area contributed by atoms with Gasteiger partial charge in [0.2, 0.25) is 0 Å². The first-order valence-electron chi connectivity index (χ1n) is 13.2. The van der Waals surface area contributed by atoms with E-state index in [1.54, 1.807) is 0 Å². The average Bonchev–Trinajstić information content (AvgIpc) is 3.40. The highest BCUT2D eigenvalue weighted by molar-refractivity contribution is 6.02. The van der Waals surface area contributed by atoms with Crippen molar-refractivity contribution in [2.45, 2.75) is 79.1 Å². The van der Waals surface area contributed by atoms with E-state index in [9.17, 15) is 38.4 Å². The Bertz CT molecular complexity index is 952. The van der Waals surface area contributed by atoms with Crippen LogP contribution >= 0.6 is 0 Å². The fraction of sp³-hybridized carbons (Fsp3) is 0.692. The molecule has 2 rings (SSSR count). The molecular weight excluding hydrogens is 548 g/mol. The molecule has 0 aromatic heterocycles. The number of rotatable bonds is 16. The molecule has 0 bridgehead atoms. The molecule has 15 nitrogen and oxygen atoms in total. The van der Waals surface area contributed by atoms with Crippen LogP contribution in [0.1, 0.15) is 79.1 Å². The monoisotopic (exact) mass is 584 g/mol.